The molecule has 2 rings (SSSR count). The van der Waals surface area contributed by atoms with Crippen LogP contribution in [-0.2, 0) is 26.5 Å². The molecule has 0 heterocycles. The van der Waals surface area contributed by atoms with Gasteiger partial charge in [-0.3, -0.25) is 9.59 Å². The van der Waals surface area contributed by atoms with E-state index in [0.29, 0.717) is 28.9 Å². The highest BCUT2D eigenvalue weighted by Gasteiger charge is 2.16. The number of carbonyl (C=O) groups is 2. The molecule has 0 aliphatic rings. The molecule has 0 aliphatic heterocycles. The van der Waals surface area contributed by atoms with Gasteiger partial charge in [-0.05, 0) is 42.8 Å². The zero-order valence-electron chi connectivity index (χ0n) is 19.6. The summed E-state index contributed by atoms with van der Waals surface area (Å²) in [6.07, 6.45) is 0.147. The van der Waals surface area contributed by atoms with Gasteiger partial charge in [0.05, 0.1) is 18.1 Å². The number of hydrogen-bond donors (Lipinski definition) is 1. The van der Waals surface area contributed by atoms with Crippen molar-refractivity contribution in [1.29, 1.82) is 0 Å². The van der Waals surface area contributed by atoms with Gasteiger partial charge in [0.2, 0.25) is 5.91 Å². The molecule has 0 bridgehead atoms. The molecule has 2 aromatic carbocycles. The summed E-state index contributed by atoms with van der Waals surface area (Å²) < 4.78 is 11.3. The molecule has 0 saturated carbocycles. The van der Waals surface area contributed by atoms with Crippen LogP contribution in [0.25, 0.3) is 0 Å². The third-order valence-electron chi connectivity index (χ3n) is 4.38. The van der Waals surface area contributed by atoms with Crippen LogP contribution in [-0.4, -0.2) is 23.2 Å². The number of thioether (sulfide) groups is 1. The van der Waals surface area contributed by atoms with Gasteiger partial charge in [-0.2, -0.15) is 11.8 Å². The second-order valence-corrected chi connectivity index (χ2v) is 10.9. The molecule has 2 aromatic rings. The van der Waals surface area contributed by atoms with Crippen LogP contribution >= 0.6 is 23.4 Å². The second-order valence-electron chi connectivity index (χ2n) is 8.72. The maximum absolute atomic E-state index is 12.1. The van der Waals surface area contributed by atoms with Crippen molar-refractivity contribution >= 4 is 40.9 Å². The van der Waals surface area contributed by atoms with Crippen LogP contribution in [0.3, 0.4) is 0 Å². The van der Waals surface area contributed by atoms with Gasteiger partial charge >= 0.3 is 5.97 Å². The third-order valence-corrected chi connectivity index (χ3v) is 6.02. The lowest BCUT2D eigenvalue weighted by atomic mass is 10.1. The lowest BCUT2D eigenvalue weighted by Gasteiger charge is -2.20. The van der Waals surface area contributed by atoms with Crippen molar-refractivity contribution in [3.05, 3.63) is 52.5 Å². The predicted octanol–water partition coefficient (Wildman–Crippen LogP) is 6.86. The summed E-state index contributed by atoms with van der Waals surface area (Å²) in [5, 5.41) is 3.39. The number of benzene rings is 2. The average Bonchev–Trinajstić information content (AvgIpc) is 2.69. The zero-order valence-corrected chi connectivity index (χ0v) is 21.2. The fourth-order valence-corrected chi connectivity index (χ4v) is 3.65. The largest absolute Gasteiger partial charge is 0.466 e. The first-order chi connectivity index (χ1) is 15.0. The predicted molar refractivity (Wildman–Crippen MR) is 133 cm³/mol. The van der Waals surface area contributed by atoms with Crippen molar-refractivity contribution in [2.24, 2.45) is 5.92 Å². The van der Waals surface area contributed by atoms with Crippen LogP contribution in [0.1, 0.15) is 52.7 Å². The van der Waals surface area contributed by atoms with E-state index < -0.39 is 0 Å². The molecule has 1 amide bonds. The van der Waals surface area contributed by atoms with Crippen molar-refractivity contribution in [2.75, 3.05) is 11.9 Å². The lowest BCUT2D eigenvalue weighted by Crippen LogP contribution is -2.17. The number of esters is 1. The Hall–Kier alpha value is -2.18. The number of ether oxygens (including phenoxy) is 2. The number of anilines is 1. The molecule has 0 aliphatic carbocycles. The number of amides is 1. The molecule has 1 N–H and O–H groups in total. The van der Waals surface area contributed by atoms with E-state index in [0.717, 1.165) is 16.8 Å². The van der Waals surface area contributed by atoms with Crippen molar-refractivity contribution in [3.8, 4) is 11.5 Å². The SMILES string of the molecule is CCOC(=O)Cc1ccc(Cl)c(Oc2ccc(NC(=O)C(C)C)cc2CSC(C)(C)C)c1. The van der Waals surface area contributed by atoms with Crippen molar-refractivity contribution in [3.63, 3.8) is 0 Å². The van der Waals surface area contributed by atoms with Gasteiger partial charge in [0.25, 0.3) is 0 Å². The number of nitrogens with one attached hydrogen (secondary N) is 1. The number of halogens is 1. The Morgan fingerprint density at radius 1 is 1.09 bits per heavy atom. The Bertz CT molecular complexity index is 953. The summed E-state index contributed by atoms with van der Waals surface area (Å²) in [7, 11) is 0. The van der Waals surface area contributed by atoms with Crippen molar-refractivity contribution in [2.45, 2.75) is 58.5 Å². The summed E-state index contributed by atoms with van der Waals surface area (Å²) >= 11 is 8.16. The van der Waals surface area contributed by atoms with Gasteiger partial charge < -0.3 is 14.8 Å². The van der Waals surface area contributed by atoms with Gasteiger partial charge in [0, 0.05) is 27.7 Å². The monoisotopic (exact) mass is 477 g/mol. The fraction of sp³-hybridized carbons (Fsp3) is 0.440. The van der Waals surface area contributed by atoms with E-state index in [1.165, 1.54) is 0 Å². The summed E-state index contributed by atoms with van der Waals surface area (Å²) in [6.45, 7) is 12.3. The minimum Gasteiger partial charge on any atom is -0.466 e. The standard InChI is InChI=1S/C25H32ClNO4S/c1-7-30-23(28)13-17-8-10-20(26)22(12-17)31-21-11-9-19(27-24(29)16(2)3)14-18(21)15-32-25(4,5)6/h8-12,14,16H,7,13,15H2,1-6H3,(H,27,29). The molecule has 0 radical (unpaired) electrons. The molecule has 0 saturated heterocycles. The normalized spacial score (nSPS) is 11.4. The zero-order chi connectivity index (χ0) is 23.9. The van der Waals surface area contributed by atoms with Gasteiger partial charge in [0.1, 0.15) is 11.5 Å². The molecule has 0 spiro atoms. The summed E-state index contributed by atoms with van der Waals surface area (Å²) in [5.74, 6) is 1.37. The summed E-state index contributed by atoms with van der Waals surface area (Å²) in [5.41, 5.74) is 2.43. The highest BCUT2D eigenvalue weighted by atomic mass is 35.5. The molecule has 0 unspecified atom stereocenters. The molecule has 0 atom stereocenters. The van der Waals surface area contributed by atoms with E-state index in [4.69, 9.17) is 21.1 Å². The Labute approximate surface area is 200 Å². The van der Waals surface area contributed by atoms with Crippen molar-refractivity contribution in [1.82, 2.24) is 0 Å². The minimum atomic E-state index is -0.298. The Balaban J connectivity index is 2.32. The molecule has 5 nitrogen and oxygen atoms in total. The van der Waals surface area contributed by atoms with Gasteiger partial charge in [0.15, 0.2) is 0 Å². The van der Waals surface area contributed by atoms with E-state index in [1.807, 2.05) is 32.0 Å². The molecule has 7 heteroatoms. The first kappa shape index (κ1) is 26.1. The fourth-order valence-electron chi connectivity index (χ4n) is 2.68. The number of carbonyl (C=O) groups excluding carboxylic acids is 2. The quantitative estimate of drug-likeness (QED) is 0.399. The molecular weight excluding hydrogens is 446 g/mol. The minimum absolute atomic E-state index is 0.0391. The van der Waals surface area contributed by atoms with E-state index in [1.54, 1.807) is 36.9 Å². The molecule has 0 aromatic heterocycles. The van der Waals surface area contributed by atoms with Gasteiger partial charge in [-0.1, -0.05) is 52.3 Å². The van der Waals surface area contributed by atoms with Gasteiger partial charge in [-0.15, -0.1) is 0 Å². The van der Waals surface area contributed by atoms with Crippen LogP contribution in [0.15, 0.2) is 36.4 Å². The maximum atomic E-state index is 12.1. The first-order valence-corrected chi connectivity index (χ1v) is 12.0. The topological polar surface area (TPSA) is 64.6 Å². The summed E-state index contributed by atoms with van der Waals surface area (Å²) in [4.78, 5) is 24.0. The van der Waals surface area contributed by atoms with Crippen LogP contribution in [0.2, 0.25) is 5.02 Å². The lowest BCUT2D eigenvalue weighted by molar-refractivity contribution is -0.142. The summed E-state index contributed by atoms with van der Waals surface area (Å²) in [6, 6.07) is 10.8. The van der Waals surface area contributed by atoms with E-state index in [2.05, 4.69) is 26.1 Å². The first-order valence-electron chi connectivity index (χ1n) is 10.7. The molecule has 0 fully saturated rings. The highest BCUT2D eigenvalue weighted by molar-refractivity contribution is 7.99. The maximum Gasteiger partial charge on any atom is 0.310 e. The molecule has 32 heavy (non-hydrogen) atoms. The van der Waals surface area contributed by atoms with Gasteiger partial charge in [-0.25, -0.2) is 0 Å². The average molecular weight is 478 g/mol. The third kappa shape index (κ3) is 8.40. The Morgan fingerprint density at radius 2 is 1.81 bits per heavy atom. The molecule has 174 valence electrons. The molecular formula is C25H32ClNO4S. The van der Waals surface area contributed by atoms with E-state index in [9.17, 15) is 9.59 Å². The van der Waals surface area contributed by atoms with Crippen LogP contribution in [0.5, 0.6) is 11.5 Å². The van der Waals surface area contributed by atoms with Crippen LogP contribution in [0, 0.1) is 5.92 Å². The van der Waals surface area contributed by atoms with Crippen molar-refractivity contribution < 1.29 is 19.1 Å². The van der Waals surface area contributed by atoms with Crippen LogP contribution < -0.4 is 10.1 Å². The van der Waals surface area contributed by atoms with E-state index >= 15 is 0 Å². The highest BCUT2D eigenvalue weighted by Crippen LogP contribution is 2.37. The smallest absolute Gasteiger partial charge is 0.310 e. The Kier molecular flexibility index (Phi) is 9.47. The second kappa shape index (κ2) is 11.6. The Morgan fingerprint density at radius 3 is 2.44 bits per heavy atom. The van der Waals surface area contributed by atoms with Crippen LogP contribution in [0.4, 0.5) is 5.69 Å². The van der Waals surface area contributed by atoms with E-state index in [-0.39, 0.29) is 29.0 Å². The number of rotatable bonds is 9. The number of hydrogen-bond acceptors (Lipinski definition) is 5.